The summed E-state index contributed by atoms with van der Waals surface area (Å²) in [5.74, 6) is 1.65. The van der Waals surface area contributed by atoms with Gasteiger partial charge in [0.05, 0.1) is 10.6 Å². The monoisotopic (exact) mass is 295 g/mol. The van der Waals surface area contributed by atoms with Gasteiger partial charge in [0.25, 0.3) is 0 Å². The van der Waals surface area contributed by atoms with Gasteiger partial charge in [0.2, 0.25) is 0 Å². The van der Waals surface area contributed by atoms with Crippen LogP contribution in [0.4, 0.5) is 5.69 Å². The molecule has 0 saturated heterocycles. The summed E-state index contributed by atoms with van der Waals surface area (Å²) in [4.78, 5) is 5.50. The van der Waals surface area contributed by atoms with E-state index in [0.717, 1.165) is 33.9 Å². The van der Waals surface area contributed by atoms with Crippen LogP contribution in [0.25, 0.3) is 21.8 Å². The van der Waals surface area contributed by atoms with Crippen molar-refractivity contribution in [3.8, 4) is 27.8 Å². The van der Waals surface area contributed by atoms with Crippen LogP contribution in [0.3, 0.4) is 0 Å². The number of aromatic nitrogens is 1. The Bertz CT molecular complexity index is 812. The third-order valence-corrected chi connectivity index (χ3v) is 4.36. The number of pyridine rings is 1. The first kappa shape index (κ1) is 13.4. The molecule has 104 valence electrons. The number of nitrogens with two attached hydrogens (primary N) is 1. The first-order valence-electron chi connectivity index (χ1n) is 6.56. The van der Waals surface area contributed by atoms with Crippen LogP contribution in [0, 0.1) is 11.3 Å². The smallest absolute Gasteiger partial charge is 0.144 e. The highest BCUT2D eigenvalue weighted by Gasteiger charge is 2.21. The first-order chi connectivity index (χ1) is 10.2. The molecule has 0 fully saturated rings. The summed E-state index contributed by atoms with van der Waals surface area (Å²) in [6.45, 7) is 2.04. The van der Waals surface area contributed by atoms with Gasteiger partial charge in [-0.3, -0.25) is 4.98 Å². The Kier molecular flexibility index (Phi) is 3.46. The summed E-state index contributed by atoms with van der Waals surface area (Å²) in [6, 6.07) is 9.80. The standard InChI is InChI=1S/C16H13N3OS/c1-2-11-5-6-12(20-11)16-14(10-4-3-7-19-9-10)15(18)13(8-17)21-16/h3-7,9H,2,18H2,1H3. The molecule has 21 heavy (non-hydrogen) atoms. The van der Waals surface area contributed by atoms with E-state index >= 15 is 0 Å². The van der Waals surface area contributed by atoms with Gasteiger partial charge in [-0.05, 0) is 18.2 Å². The Balaban J connectivity index is 2.23. The fraction of sp³-hybridized carbons (Fsp3) is 0.125. The van der Waals surface area contributed by atoms with Crippen molar-refractivity contribution in [2.45, 2.75) is 13.3 Å². The molecule has 0 amide bonds. The van der Waals surface area contributed by atoms with Crippen LogP contribution in [-0.2, 0) is 6.42 Å². The molecule has 0 unspecified atom stereocenters. The maximum atomic E-state index is 9.24. The fourth-order valence-electron chi connectivity index (χ4n) is 2.19. The van der Waals surface area contributed by atoms with Crippen LogP contribution < -0.4 is 5.73 Å². The molecule has 3 aromatic rings. The van der Waals surface area contributed by atoms with Crippen molar-refractivity contribution in [2.75, 3.05) is 5.73 Å². The summed E-state index contributed by atoms with van der Waals surface area (Å²) in [7, 11) is 0. The van der Waals surface area contributed by atoms with E-state index in [1.54, 1.807) is 12.4 Å². The van der Waals surface area contributed by atoms with Gasteiger partial charge in [-0.2, -0.15) is 5.26 Å². The topological polar surface area (TPSA) is 75.8 Å². The van der Waals surface area contributed by atoms with E-state index in [0.29, 0.717) is 10.6 Å². The average Bonchev–Trinajstić information content (AvgIpc) is 3.12. The van der Waals surface area contributed by atoms with E-state index in [4.69, 9.17) is 10.2 Å². The molecule has 3 heterocycles. The Morgan fingerprint density at radius 2 is 2.24 bits per heavy atom. The Morgan fingerprint density at radius 1 is 1.38 bits per heavy atom. The Labute approximate surface area is 126 Å². The van der Waals surface area contributed by atoms with Crippen LogP contribution in [0.1, 0.15) is 17.6 Å². The number of rotatable bonds is 3. The van der Waals surface area contributed by atoms with Crippen molar-refractivity contribution >= 4 is 17.0 Å². The van der Waals surface area contributed by atoms with Gasteiger partial charge in [-0.1, -0.05) is 13.0 Å². The lowest BCUT2D eigenvalue weighted by molar-refractivity contribution is 0.530. The molecular weight excluding hydrogens is 282 g/mol. The van der Waals surface area contributed by atoms with Crippen LogP contribution in [0.5, 0.6) is 0 Å². The zero-order valence-electron chi connectivity index (χ0n) is 11.5. The molecule has 4 nitrogen and oxygen atoms in total. The average molecular weight is 295 g/mol. The minimum Gasteiger partial charge on any atom is -0.460 e. The molecule has 0 aliphatic heterocycles. The Hall–Kier alpha value is -2.58. The first-order valence-corrected chi connectivity index (χ1v) is 7.38. The number of hydrogen-bond acceptors (Lipinski definition) is 5. The number of nitrogen functional groups attached to an aromatic ring is 1. The lowest BCUT2D eigenvalue weighted by Gasteiger charge is -2.03. The molecule has 0 aromatic carbocycles. The van der Waals surface area contributed by atoms with Crippen LogP contribution in [0.2, 0.25) is 0 Å². The fourth-order valence-corrected chi connectivity index (χ4v) is 3.19. The third-order valence-electron chi connectivity index (χ3n) is 3.23. The van der Waals surface area contributed by atoms with Crippen molar-refractivity contribution in [1.82, 2.24) is 4.98 Å². The summed E-state index contributed by atoms with van der Waals surface area (Å²) in [5, 5.41) is 9.24. The van der Waals surface area contributed by atoms with Crippen molar-refractivity contribution in [3.63, 3.8) is 0 Å². The minimum absolute atomic E-state index is 0.486. The number of aryl methyl sites for hydroxylation is 1. The molecule has 3 aromatic heterocycles. The molecule has 0 aliphatic rings. The second-order valence-corrected chi connectivity index (χ2v) is 5.54. The molecule has 0 bridgehead atoms. The predicted octanol–water partition coefficient (Wildman–Crippen LogP) is 4.09. The second-order valence-electron chi connectivity index (χ2n) is 4.52. The van der Waals surface area contributed by atoms with E-state index in [2.05, 4.69) is 11.1 Å². The van der Waals surface area contributed by atoms with Crippen molar-refractivity contribution in [3.05, 3.63) is 47.3 Å². The van der Waals surface area contributed by atoms with Crippen molar-refractivity contribution in [2.24, 2.45) is 0 Å². The molecule has 2 N–H and O–H groups in total. The summed E-state index contributed by atoms with van der Waals surface area (Å²) in [6.07, 6.45) is 4.28. The number of anilines is 1. The number of nitrogens with zero attached hydrogens (tertiary/aromatic N) is 2. The van der Waals surface area contributed by atoms with E-state index in [1.807, 2.05) is 31.2 Å². The van der Waals surface area contributed by atoms with Crippen molar-refractivity contribution < 1.29 is 4.42 Å². The van der Waals surface area contributed by atoms with E-state index < -0.39 is 0 Å². The lowest BCUT2D eigenvalue weighted by Crippen LogP contribution is -1.89. The van der Waals surface area contributed by atoms with Gasteiger partial charge >= 0.3 is 0 Å². The van der Waals surface area contributed by atoms with Gasteiger partial charge in [0.1, 0.15) is 22.5 Å². The molecule has 5 heteroatoms. The van der Waals surface area contributed by atoms with Gasteiger partial charge in [-0.25, -0.2) is 0 Å². The van der Waals surface area contributed by atoms with Gasteiger partial charge in [-0.15, -0.1) is 11.3 Å². The van der Waals surface area contributed by atoms with Crippen molar-refractivity contribution in [1.29, 1.82) is 5.26 Å². The highest BCUT2D eigenvalue weighted by Crippen LogP contribution is 2.44. The largest absolute Gasteiger partial charge is 0.460 e. The van der Waals surface area contributed by atoms with Crippen LogP contribution in [-0.4, -0.2) is 4.98 Å². The van der Waals surface area contributed by atoms with Gasteiger partial charge in [0, 0.05) is 29.9 Å². The molecular formula is C16H13N3OS. The number of furan rings is 1. The maximum Gasteiger partial charge on any atom is 0.144 e. The number of thiophene rings is 1. The molecule has 0 aliphatic carbocycles. The minimum atomic E-state index is 0.486. The second kappa shape index (κ2) is 5.43. The summed E-state index contributed by atoms with van der Waals surface area (Å²) >= 11 is 1.35. The van der Waals surface area contributed by atoms with E-state index in [1.165, 1.54) is 11.3 Å². The normalized spacial score (nSPS) is 10.5. The van der Waals surface area contributed by atoms with E-state index in [9.17, 15) is 5.26 Å². The molecule has 3 rings (SSSR count). The molecule has 0 saturated carbocycles. The summed E-state index contributed by atoms with van der Waals surface area (Å²) in [5.41, 5.74) is 8.34. The zero-order valence-corrected chi connectivity index (χ0v) is 12.3. The molecule has 0 spiro atoms. The van der Waals surface area contributed by atoms with Gasteiger partial charge < -0.3 is 10.2 Å². The summed E-state index contributed by atoms with van der Waals surface area (Å²) < 4.78 is 5.82. The zero-order chi connectivity index (χ0) is 14.8. The molecule has 0 radical (unpaired) electrons. The predicted molar refractivity (Wildman–Crippen MR) is 83.8 cm³/mol. The number of nitriles is 1. The highest BCUT2D eigenvalue weighted by molar-refractivity contribution is 7.17. The van der Waals surface area contributed by atoms with E-state index in [-0.39, 0.29) is 0 Å². The maximum absolute atomic E-state index is 9.24. The SMILES string of the molecule is CCc1ccc(-c2sc(C#N)c(N)c2-c2cccnc2)o1. The Morgan fingerprint density at radius 3 is 2.86 bits per heavy atom. The number of hydrogen-bond donors (Lipinski definition) is 1. The highest BCUT2D eigenvalue weighted by atomic mass is 32.1. The quantitative estimate of drug-likeness (QED) is 0.789. The van der Waals surface area contributed by atoms with Crippen LogP contribution >= 0.6 is 11.3 Å². The van der Waals surface area contributed by atoms with Gasteiger partial charge in [0.15, 0.2) is 0 Å². The molecule has 0 atom stereocenters. The third kappa shape index (κ3) is 2.30. The van der Waals surface area contributed by atoms with Crippen LogP contribution in [0.15, 0.2) is 41.1 Å². The lowest BCUT2D eigenvalue weighted by atomic mass is 10.1.